The van der Waals surface area contributed by atoms with Gasteiger partial charge in [-0.2, -0.15) is 4.98 Å². The van der Waals surface area contributed by atoms with E-state index in [1.54, 1.807) is 0 Å². The average molecular weight is 266 g/mol. The molecule has 1 saturated heterocycles. The second-order valence-electron chi connectivity index (χ2n) is 4.18. The van der Waals surface area contributed by atoms with Crippen LogP contribution in [-0.2, 0) is 4.74 Å². The van der Waals surface area contributed by atoms with Crippen LogP contribution >= 0.6 is 11.3 Å². The lowest BCUT2D eigenvalue weighted by Crippen LogP contribution is -2.14. The van der Waals surface area contributed by atoms with Gasteiger partial charge in [-0.3, -0.25) is 5.43 Å². The van der Waals surface area contributed by atoms with E-state index in [4.69, 9.17) is 15.3 Å². The van der Waals surface area contributed by atoms with Gasteiger partial charge in [0.15, 0.2) is 0 Å². The van der Waals surface area contributed by atoms with Crippen molar-refractivity contribution in [2.24, 2.45) is 11.8 Å². The molecule has 1 aliphatic heterocycles. The van der Waals surface area contributed by atoms with E-state index < -0.39 is 0 Å². The molecule has 0 aromatic carbocycles. The third kappa shape index (κ3) is 2.24. The Kier molecular flexibility index (Phi) is 3.26. The Morgan fingerprint density at radius 1 is 1.56 bits per heavy atom. The van der Waals surface area contributed by atoms with Gasteiger partial charge in [0.2, 0.25) is 11.8 Å². The summed E-state index contributed by atoms with van der Waals surface area (Å²) in [5.74, 6) is 6.76. The summed E-state index contributed by atoms with van der Waals surface area (Å²) in [7, 11) is 0. The molecule has 0 bridgehead atoms. The van der Waals surface area contributed by atoms with E-state index in [9.17, 15) is 0 Å². The number of nitrogens with two attached hydrogens (primary N) is 1. The van der Waals surface area contributed by atoms with Crippen LogP contribution < -0.4 is 16.0 Å². The maximum Gasteiger partial charge on any atom is 0.241 e. The fourth-order valence-corrected chi connectivity index (χ4v) is 2.67. The van der Waals surface area contributed by atoms with Crippen molar-refractivity contribution < 1.29 is 9.47 Å². The van der Waals surface area contributed by atoms with Crippen molar-refractivity contribution >= 4 is 27.5 Å². The van der Waals surface area contributed by atoms with Crippen molar-refractivity contribution in [1.29, 1.82) is 0 Å². The number of nitrogens with one attached hydrogen (secondary N) is 1. The summed E-state index contributed by atoms with van der Waals surface area (Å²) in [6.07, 6.45) is 1.04. The highest BCUT2D eigenvalue weighted by molar-refractivity contribution is 7.16. The molecule has 6 nitrogen and oxygen atoms in total. The van der Waals surface area contributed by atoms with Crippen molar-refractivity contribution in [1.82, 2.24) is 9.97 Å². The monoisotopic (exact) mass is 266 g/mol. The van der Waals surface area contributed by atoms with Crippen LogP contribution in [0.2, 0.25) is 0 Å². The summed E-state index contributed by atoms with van der Waals surface area (Å²) >= 11 is 1.54. The Bertz CT molecular complexity index is 539. The van der Waals surface area contributed by atoms with E-state index in [-0.39, 0.29) is 0 Å². The van der Waals surface area contributed by atoms with Crippen LogP contribution in [0.4, 0.5) is 5.95 Å². The number of nitrogen functional groups attached to an aromatic ring is 1. The van der Waals surface area contributed by atoms with Gasteiger partial charge in [0.05, 0.1) is 18.6 Å². The lowest BCUT2D eigenvalue weighted by atomic mass is 10.1. The van der Waals surface area contributed by atoms with E-state index >= 15 is 0 Å². The maximum atomic E-state index is 5.78. The number of hydrogen-bond acceptors (Lipinski definition) is 7. The van der Waals surface area contributed by atoms with Crippen LogP contribution in [0, 0.1) is 5.92 Å². The molecule has 0 saturated carbocycles. The minimum atomic E-state index is 0.377. The maximum absolute atomic E-state index is 5.78. The molecule has 18 heavy (non-hydrogen) atoms. The molecule has 3 rings (SSSR count). The molecule has 1 fully saturated rings. The number of anilines is 1. The fraction of sp³-hybridized carbons (Fsp3) is 0.455. The highest BCUT2D eigenvalue weighted by Gasteiger charge is 2.18. The lowest BCUT2D eigenvalue weighted by molar-refractivity contribution is 0.166. The molecule has 2 aromatic rings. The normalized spacial score (nSPS) is 19.3. The first-order valence-electron chi connectivity index (χ1n) is 5.79. The van der Waals surface area contributed by atoms with Gasteiger partial charge in [0.25, 0.3) is 0 Å². The van der Waals surface area contributed by atoms with E-state index in [2.05, 4.69) is 15.4 Å². The third-order valence-corrected chi connectivity index (χ3v) is 3.71. The summed E-state index contributed by atoms with van der Waals surface area (Å²) in [5.41, 5.74) is 2.46. The number of fused-ring (bicyclic) bond motifs is 1. The molecule has 7 heteroatoms. The van der Waals surface area contributed by atoms with Crippen molar-refractivity contribution in [2.75, 3.05) is 25.2 Å². The minimum absolute atomic E-state index is 0.377. The highest BCUT2D eigenvalue weighted by atomic mass is 32.1. The fourth-order valence-electron chi connectivity index (χ4n) is 1.91. The first-order chi connectivity index (χ1) is 8.86. The zero-order chi connectivity index (χ0) is 12.4. The predicted octanol–water partition coefficient (Wildman–Crippen LogP) is 1.39. The Morgan fingerprint density at radius 2 is 2.50 bits per heavy atom. The van der Waals surface area contributed by atoms with Gasteiger partial charge < -0.3 is 9.47 Å². The molecule has 1 atom stereocenters. The Hall–Kier alpha value is -1.44. The van der Waals surface area contributed by atoms with Crippen LogP contribution in [0.1, 0.15) is 6.42 Å². The van der Waals surface area contributed by atoms with Gasteiger partial charge in [-0.1, -0.05) is 0 Å². The first-order valence-corrected chi connectivity index (χ1v) is 6.67. The zero-order valence-corrected chi connectivity index (χ0v) is 10.6. The van der Waals surface area contributed by atoms with Gasteiger partial charge in [0.1, 0.15) is 4.83 Å². The number of thiophene rings is 1. The van der Waals surface area contributed by atoms with Gasteiger partial charge in [0, 0.05) is 12.5 Å². The molecule has 0 amide bonds. The van der Waals surface area contributed by atoms with Crippen LogP contribution in [0.3, 0.4) is 0 Å². The molecule has 3 heterocycles. The Balaban J connectivity index is 1.82. The topological polar surface area (TPSA) is 82.3 Å². The van der Waals surface area contributed by atoms with Crippen molar-refractivity contribution in [2.45, 2.75) is 6.42 Å². The molecule has 0 spiro atoms. The molecule has 1 aliphatic rings. The smallest absolute Gasteiger partial charge is 0.241 e. The molecule has 2 aromatic heterocycles. The van der Waals surface area contributed by atoms with Gasteiger partial charge in [-0.25, -0.2) is 10.8 Å². The van der Waals surface area contributed by atoms with Crippen molar-refractivity contribution in [3.05, 3.63) is 11.4 Å². The SMILES string of the molecule is NNc1nc(OCC2CCOC2)c2ccsc2n1. The summed E-state index contributed by atoms with van der Waals surface area (Å²) in [6.45, 7) is 2.20. The van der Waals surface area contributed by atoms with E-state index in [0.717, 1.165) is 29.9 Å². The van der Waals surface area contributed by atoms with Crippen molar-refractivity contribution in [3.8, 4) is 5.88 Å². The highest BCUT2D eigenvalue weighted by Crippen LogP contribution is 2.28. The largest absolute Gasteiger partial charge is 0.477 e. The number of nitrogens with zero attached hydrogens (tertiary/aromatic N) is 2. The Labute approximate surface area is 108 Å². The molecule has 0 aliphatic carbocycles. The standard InChI is InChI=1S/C11H14N4O2S/c12-15-11-13-9(8-2-4-18-10(8)14-11)17-6-7-1-3-16-5-7/h2,4,7H,1,3,5-6,12H2,(H,13,14,15). The third-order valence-electron chi connectivity index (χ3n) is 2.90. The first kappa shape index (κ1) is 11.6. The molecular formula is C11H14N4O2S. The van der Waals surface area contributed by atoms with Crippen LogP contribution in [0.25, 0.3) is 10.2 Å². The summed E-state index contributed by atoms with van der Waals surface area (Å²) in [6, 6.07) is 1.96. The second kappa shape index (κ2) is 5.05. The molecule has 0 radical (unpaired) electrons. The lowest BCUT2D eigenvalue weighted by Gasteiger charge is -2.11. The van der Waals surface area contributed by atoms with E-state index in [0.29, 0.717) is 24.4 Å². The molecule has 1 unspecified atom stereocenters. The zero-order valence-electron chi connectivity index (χ0n) is 9.76. The Morgan fingerprint density at radius 3 is 3.28 bits per heavy atom. The van der Waals surface area contributed by atoms with E-state index in [1.165, 1.54) is 11.3 Å². The average Bonchev–Trinajstić information content (AvgIpc) is 3.06. The summed E-state index contributed by atoms with van der Waals surface area (Å²) in [5, 5.41) is 2.89. The molecule has 96 valence electrons. The number of rotatable bonds is 4. The van der Waals surface area contributed by atoms with Crippen LogP contribution in [-0.4, -0.2) is 29.8 Å². The number of ether oxygens (including phenoxy) is 2. The molecule has 3 N–H and O–H groups in total. The van der Waals surface area contributed by atoms with Gasteiger partial charge in [-0.15, -0.1) is 11.3 Å². The second-order valence-corrected chi connectivity index (χ2v) is 5.07. The van der Waals surface area contributed by atoms with Gasteiger partial charge in [-0.05, 0) is 17.9 Å². The van der Waals surface area contributed by atoms with Gasteiger partial charge >= 0.3 is 0 Å². The summed E-state index contributed by atoms with van der Waals surface area (Å²) < 4.78 is 11.1. The van der Waals surface area contributed by atoms with Crippen LogP contribution in [0.15, 0.2) is 11.4 Å². The number of aromatic nitrogens is 2. The van der Waals surface area contributed by atoms with Crippen LogP contribution in [0.5, 0.6) is 5.88 Å². The van der Waals surface area contributed by atoms with Crippen molar-refractivity contribution in [3.63, 3.8) is 0 Å². The van der Waals surface area contributed by atoms with E-state index in [1.807, 2.05) is 11.4 Å². The number of hydrazine groups is 1. The minimum Gasteiger partial charge on any atom is -0.477 e. The number of hydrogen-bond donors (Lipinski definition) is 2. The molecular weight excluding hydrogens is 252 g/mol. The summed E-state index contributed by atoms with van der Waals surface area (Å²) in [4.78, 5) is 9.38. The predicted molar refractivity (Wildman–Crippen MR) is 69.6 cm³/mol. The quantitative estimate of drug-likeness (QED) is 0.643.